The second-order valence-corrected chi connectivity index (χ2v) is 21.0. The van der Waals surface area contributed by atoms with Crippen molar-refractivity contribution in [3.05, 3.63) is 64.2 Å². The van der Waals surface area contributed by atoms with Gasteiger partial charge < -0.3 is 10.1 Å². The molecule has 4 saturated heterocycles. The maximum Gasteiger partial charge on any atom is 0.238 e. The maximum atomic E-state index is 13.3. The Hall–Kier alpha value is -2.73. The summed E-state index contributed by atoms with van der Waals surface area (Å²) in [5, 5.41) is 13.9. The normalized spacial score (nSPS) is 38.9. The summed E-state index contributed by atoms with van der Waals surface area (Å²) in [6.45, 7) is 11.7. The highest BCUT2D eigenvalue weighted by Crippen LogP contribution is 2.50. The number of rotatable bonds is 8. The molecule has 7 aliphatic rings. The summed E-state index contributed by atoms with van der Waals surface area (Å²) in [7, 11) is 0. The molecule has 11 nitrogen and oxygen atoms in total. The average Bonchev–Trinajstić information content (AvgIpc) is 3.90. The summed E-state index contributed by atoms with van der Waals surface area (Å²) in [5.41, 5.74) is 19.0. The van der Waals surface area contributed by atoms with Crippen LogP contribution in [-0.2, 0) is 11.2 Å². The number of likely N-dealkylation sites (tertiary alicyclic amines) is 1. The van der Waals surface area contributed by atoms with Crippen molar-refractivity contribution in [1.29, 1.82) is 5.26 Å². The number of nitriles is 1. The van der Waals surface area contributed by atoms with Crippen LogP contribution in [0.25, 0.3) is 0 Å². The Balaban J connectivity index is 0.724. The van der Waals surface area contributed by atoms with Crippen molar-refractivity contribution >= 4 is 35.0 Å². The van der Waals surface area contributed by atoms with E-state index in [0.29, 0.717) is 44.2 Å². The van der Waals surface area contributed by atoms with Crippen molar-refractivity contribution in [1.82, 2.24) is 36.8 Å². The number of carbonyl (C=O) groups excluding carboxylic acids is 1. The number of amides is 1. The zero-order chi connectivity index (χ0) is 40.8. The molecule has 1 spiro atoms. The minimum Gasteiger partial charge on any atom is -0.490 e. The molecule has 8 unspecified atom stereocenters. The number of hydrazine groups is 2. The van der Waals surface area contributed by atoms with Gasteiger partial charge >= 0.3 is 0 Å². The molecule has 1 amide bonds. The third-order valence-electron chi connectivity index (χ3n) is 15.3. The molecule has 5 heterocycles. The Bertz CT molecular complexity index is 1900. The number of fused-ring (bicyclic) bond motifs is 3. The second-order valence-electron chi connectivity index (χ2n) is 19.1. The van der Waals surface area contributed by atoms with Gasteiger partial charge in [-0.3, -0.25) is 19.6 Å². The standard InChI is InChI=1S/C46H64ClN9O2S/c1-27-29(3)59-45-41(27)42(49-28(2)43-54-51-30(4)56(43)45)33-7-5-6-32(23-33)22-31-16-18-46(19-17-31)20-21-55(26-46)40-15-14-39(52-53-40)44(57)50-35-9-12-36(13-10-35)58-37-11-8-34(25-48)38(47)24-37/h5-8,11,23-24,27-31,35-36,39-41,43,45,51-54H,9-10,12-22,26H2,1-4H3,(H,50,57)/t27?,28-,29?,30?,31?,35?,36?,39?,40?,41?,43?,45?,46?/m0/s1. The lowest BCUT2D eigenvalue weighted by atomic mass is 9.69. The van der Waals surface area contributed by atoms with Crippen LogP contribution in [0, 0.1) is 34.5 Å². The summed E-state index contributed by atoms with van der Waals surface area (Å²) in [5.74, 6) is 2.50. The third-order valence-corrected chi connectivity index (χ3v) is 17.2. The van der Waals surface area contributed by atoms with Crippen LogP contribution in [0.15, 0.2) is 47.5 Å². The molecular weight excluding hydrogens is 778 g/mol. The first-order valence-corrected chi connectivity index (χ1v) is 23.9. The van der Waals surface area contributed by atoms with E-state index in [9.17, 15) is 4.79 Å². The minimum atomic E-state index is -0.217. The molecule has 0 radical (unpaired) electrons. The molecule has 0 bridgehead atoms. The van der Waals surface area contributed by atoms with Crippen LogP contribution in [0.4, 0.5) is 0 Å². The smallest absolute Gasteiger partial charge is 0.238 e. The van der Waals surface area contributed by atoms with E-state index in [1.807, 2.05) is 0 Å². The summed E-state index contributed by atoms with van der Waals surface area (Å²) in [6.07, 6.45) is 13.8. The molecule has 2 aliphatic carbocycles. The fourth-order valence-corrected chi connectivity index (χ4v) is 13.6. The zero-order valence-electron chi connectivity index (χ0n) is 35.3. The first-order chi connectivity index (χ1) is 28.6. The molecule has 5 aliphatic heterocycles. The number of hydrogen-bond donors (Lipinski definition) is 5. The highest BCUT2D eigenvalue weighted by molar-refractivity contribution is 8.00. The zero-order valence-corrected chi connectivity index (χ0v) is 36.8. The predicted octanol–water partition coefficient (Wildman–Crippen LogP) is 6.71. The molecule has 2 aromatic carbocycles. The van der Waals surface area contributed by atoms with E-state index < -0.39 is 0 Å². The molecular formula is C46H64ClN9O2S. The average molecular weight is 843 g/mol. The van der Waals surface area contributed by atoms with Crippen LogP contribution in [0.2, 0.25) is 5.02 Å². The predicted molar refractivity (Wildman–Crippen MR) is 236 cm³/mol. The van der Waals surface area contributed by atoms with Gasteiger partial charge in [0.25, 0.3) is 0 Å². The Kier molecular flexibility index (Phi) is 12.4. The Morgan fingerprint density at radius 3 is 2.54 bits per heavy atom. The fourth-order valence-electron chi connectivity index (χ4n) is 11.6. The number of halogens is 1. The van der Waals surface area contributed by atoms with E-state index in [4.69, 9.17) is 26.6 Å². The molecule has 13 heteroatoms. The molecule has 9 rings (SSSR count). The topological polar surface area (TPSA) is 129 Å². The lowest BCUT2D eigenvalue weighted by Gasteiger charge is -2.40. The third kappa shape index (κ3) is 8.70. The number of aliphatic imine (C=N–C) groups is 1. The van der Waals surface area contributed by atoms with Crippen molar-refractivity contribution in [2.24, 2.45) is 28.2 Å². The number of thioether (sulfide) groups is 1. The van der Waals surface area contributed by atoms with Gasteiger partial charge in [0.05, 0.1) is 46.6 Å². The first-order valence-electron chi connectivity index (χ1n) is 22.6. The number of nitrogens with zero attached hydrogens (tertiary/aromatic N) is 4. The van der Waals surface area contributed by atoms with Crippen LogP contribution < -0.4 is 31.8 Å². The summed E-state index contributed by atoms with van der Waals surface area (Å²) < 4.78 is 6.15. The van der Waals surface area contributed by atoms with Crippen LogP contribution >= 0.6 is 23.4 Å². The number of benzene rings is 2. The van der Waals surface area contributed by atoms with E-state index in [1.54, 1.807) is 18.2 Å². The van der Waals surface area contributed by atoms with E-state index in [0.717, 1.165) is 64.0 Å². The SMILES string of the molecule is CC1SC2C(C(c3cccc(CC4CCC5(CC4)CCN(C4CCC(C(=O)NC6CCC(Oc7ccc(C#N)c(Cl)c7)CC6)NN4)C5)c3)=N[C@@H](C)C3NNC(C)N23)C1C. The van der Waals surface area contributed by atoms with Gasteiger partial charge in [-0.05, 0) is 137 Å². The summed E-state index contributed by atoms with van der Waals surface area (Å²) >= 11 is 8.33. The van der Waals surface area contributed by atoms with Gasteiger partial charge in [0.2, 0.25) is 5.91 Å². The van der Waals surface area contributed by atoms with Gasteiger partial charge in [-0.1, -0.05) is 43.6 Å². The first kappa shape index (κ1) is 41.6. The van der Waals surface area contributed by atoms with Crippen molar-refractivity contribution < 1.29 is 9.53 Å². The maximum absolute atomic E-state index is 13.3. The lowest BCUT2D eigenvalue weighted by molar-refractivity contribution is -0.125. The van der Waals surface area contributed by atoms with E-state index in [-0.39, 0.29) is 48.6 Å². The summed E-state index contributed by atoms with van der Waals surface area (Å²) in [4.78, 5) is 24.1. The molecule has 6 fully saturated rings. The highest BCUT2D eigenvalue weighted by Gasteiger charge is 2.52. The van der Waals surface area contributed by atoms with E-state index >= 15 is 0 Å². The molecule has 59 heavy (non-hydrogen) atoms. The quantitative estimate of drug-likeness (QED) is 0.196. The van der Waals surface area contributed by atoms with Crippen LogP contribution in [-0.4, -0.2) is 87.9 Å². The van der Waals surface area contributed by atoms with Gasteiger partial charge in [-0.25, -0.2) is 21.7 Å². The van der Waals surface area contributed by atoms with Crippen molar-refractivity contribution in [2.75, 3.05) is 13.1 Å². The van der Waals surface area contributed by atoms with E-state index in [2.05, 4.69) is 107 Å². The Labute approximate surface area is 360 Å². The molecule has 2 saturated carbocycles. The van der Waals surface area contributed by atoms with Gasteiger partial charge in [-0.2, -0.15) is 5.26 Å². The molecule has 2 aromatic rings. The van der Waals surface area contributed by atoms with Gasteiger partial charge in [0.15, 0.2) is 0 Å². The Morgan fingerprint density at radius 1 is 0.983 bits per heavy atom. The lowest BCUT2D eigenvalue weighted by Crippen LogP contribution is -2.62. The van der Waals surface area contributed by atoms with E-state index in [1.165, 1.54) is 48.9 Å². The van der Waals surface area contributed by atoms with Gasteiger partial charge in [0, 0.05) is 42.1 Å². The van der Waals surface area contributed by atoms with Crippen LogP contribution in [0.3, 0.4) is 0 Å². The Morgan fingerprint density at radius 2 is 1.80 bits per heavy atom. The van der Waals surface area contributed by atoms with Crippen molar-refractivity contribution in [3.8, 4) is 11.8 Å². The van der Waals surface area contributed by atoms with Crippen LogP contribution in [0.1, 0.15) is 115 Å². The number of nitrogens with one attached hydrogen (secondary N) is 5. The monoisotopic (exact) mass is 841 g/mol. The summed E-state index contributed by atoms with van der Waals surface area (Å²) in [6, 6.07) is 16.9. The molecule has 9 atom stereocenters. The second kappa shape index (κ2) is 17.6. The van der Waals surface area contributed by atoms with Crippen molar-refractivity contribution in [2.45, 2.75) is 158 Å². The van der Waals surface area contributed by atoms with Crippen molar-refractivity contribution in [3.63, 3.8) is 0 Å². The van der Waals surface area contributed by atoms with Gasteiger partial charge in [0.1, 0.15) is 17.9 Å². The molecule has 0 aromatic heterocycles. The number of hydrogen-bond acceptors (Lipinski definition) is 11. The van der Waals surface area contributed by atoms with Crippen LogP contribution in [0.5, 0.6) is 5.75 Å². The molecule has 318 valence electrons. The number of carbonyl (C=O) groups is 1. The highest BCUT2D eigenvalue weighted by atomic mass is 35.5. The minimum absolute atomic E-state index is 0.0839. The largest absolute Gasteiger partial charge is 0.490 e. The van der Waals surface area contributed by atoms with Gasteiger partial charge in [-0.15, -0.1) is 11.8 Å². The molecule has 5 N–H and O–H groups in total. The fraction of sp³-hybridized carbons (Fsp3) is 0.674. The number of ether oxygens (including phenoxy) is 1.